The maximum Gasteiger partial charge on any atom is 0.0621 e. The molecule has 0 aromatic carbocycles. The minimum absolute atomic E-state index is 0. The average molecular weight is 275 g/mol. The van der Waals surface area contributed by atoms with Crippen molar-refractivity contribution in [3.8, 4) is 0 Å². The van der Waals surface area contributed by atoms with E-state index in [1.165, 1.54) is 0 Å². The van der Waals surface area contributed by atoms with E-state index in [4.69, 9.17) is 20.9 Å². The van der Waals surface area contributed by atoms with Crippen molar-refractivity contribution in [2.24, 2.45) is 23.3 Å². The molecule has 4 atom stereocenters. The molecule has 0 aromatic heterocycles. The predicted octanol–water partition coefficient (Wildman–Crippen LogP) is 0.804. The van der Waals surface area contributed by atoms with Crippen LogP contribution in [0.4, 0.5) is 0 Å². The van der Waals surface area contributed by atoms with Crippen molar-refractivity contribution >= 4 is 24.8 Å². The molecular formula is C10H24Cl2N2O2. The van der Waals surface area contributed by atoms with Crippen molar-refractivity contribution < 1.29 is 9.47 Å². The van der Waals surface area contributed by atoms with Gasteiger partial charge in [0.15, 0.2) is 0 Å². The van der Waals surface area contributed by atoms with Gasteiger partial charge in [0.1, 0.15) is 0 Å². The molecule has 2 saturated heterocycles. The molecule has 4 N–H and O–H groups in total. The van der Waals surface area contributed by atoms with Gasteiger partial charge in [0.2, 0.25) is 0 Å². The summed E-state index contributed by atoms with van der Waals surface area (Å²) in [6.45, 7) is 7.42. The minimum Gasteiger partial charge on any atom is -0.379 e. The van der Waals surface area contributed by atoms with Crippen molar-refractivity contribution in [2.75, 3.05) is 26.4 Å². The van der Waals surface area contributed by atoms with Gasteiger partial charge in [-0.05, 0) is 11.8 Å². The number of nitrogens with two attached hydrogens (primary N) is 2. The first-order chi connectivity index (χ1) is 6.61. The lowest BCUT2D eigenvalue weighted by molar-refractivity contribution is 0.186. The molecule has 16 heavy (non-hydrogen) atoms. The fourth-order valence-corrected chi connectivity index (χ4v) is 1.36. The largest absolute Gasteiger partial charge is 0.379 e. The Kier molecular flexibility index (Phi) is 11.1. The van der Waals surface area contributed by atoms with E-state index in [0.717, 1.165) is 26.4 Å². The Labute approximate surface area is 110 Å². The first-order valence-electron chi connectivity index (χ1n) is 5.28. The van der Waals surface area contributed by atoms with E-state index in [9.17, 15) is 0 Å². The predicted molar refractivity (Wildman–Crippen MR) is 70.4 cm³/mol. The summed E-state index contributed by atoms with van der Waals surface area (Å²) in [7, 11) is 0. The quantitative estimate of drug-likeness (QED) is 0.686. The van der Waals surface area contributed by atoms with Crippen molar-refractivity contribution in [3.05, 3.63) is 0 Å². The van der Waals surface area contributed by atoms with Gasteiger partial charge in [0.05, 0.1) is 26.4 Å². The van der Waals surface area contributed by atoms with Crippen molar-refractivity contribution in [1.29, 1.82) is 0 Å². The highest BCUT2D eigenvalue weighted by molar-refractivity contribution is 5.85. The van der Waals surface area contributed by atoms with E-state index in [2.05, 4.69) is 13.8 Å². The lowest BCUT2D eigenvalue weighted by Gasteiger charge is -2.02. The second-order valence-corrected chi connectivity index (χ2v) is 4.36. The monoisotopic (exact) mass is 274 g/mol. The highest BCUT2D eigenvalue weighted by Gasteiger charge is 2.19. The summed E-state index contributed by atoms with van der Waals surface area (Å²) in [5, 5.41) is 0. The molecule has 2 heterocycles. The van der Waals surface area contributed by atoms with Gasteiger partial charge in [-0.25, -0.2) is 0 Å². The lowest BCUT2D eigenvalue weighted by atomic mass is 10.1. The zero-order valence-corrected chi connectivity index (χ0v) is 11.6. The van der Waals surface area contributed by atoms with E-state index in [1.807, 2.05) is 0 Å². The van der Waals surface area contributed by atoms with Crippen LogP contribution in [-0.2, 0) is 9.47 Å². The highest BCUT2D eigenvalue weighted by atomic mass is 35.5. The summed E-state index contributed by atoms with van der Waals surface area (Å²) >= 11 is 0. The number of hydrogen-bond donors (Lipinski definition) is 2. The third-order valence-corrected chi connectivity index (χ3v) is 2.84. The molecule has 2 aliphatic rings. The Balaban J connectivity index is 0. The second-order valence-electron chi connectivity index (χ2n) is 4.36. The molecule has 0 radical (unpaired) electrons. The number of ether oxygens (including phenoxy) is 2. The molecule has 0 spiro atoms. The molecule has 4 nitrogen and oxygen atoms in total. The zero-order chi connectivity index (χ0) is 10.6. The topological polar surface area (TPSA) is 70.5 Å². The van der Waals surface area contributed by atoms with Gasteiger partial charge < -0.3 is 20.9 Å². The molecule has 2 aliphatic heterocycles. The van der Waals surface area contributed by atoms with Crippen LogP contribution in [0, 0.1) is 11.8 Å². The van der Waals surface area contributed by atoms with Crippen LogP contribution < -0.4 is 11.5 Å². The van der Waals surface area contributed by atoms with E-state index < -0.39 is 0 Å². The van der Waals surface area contributed by atoms with Crippen LogP contribution in [0.5, 0.6) is 0 Å². The average Bonchev–Trinajstić information content (AvgIpc) is 2.67. The third kappa shape index (κ3) is 6.23. The first kappa shape index (κ1) is 18.8. The molecule has 2 rings (SSSR count). The summed E-state index contributed by atoms with van der Waals surface area (Å²) in [4.78, 5) is 0. The molecule has 6 heteroatoms. The van der Waals surface area contributed by atoms with E-state index in [0.29, 0.717) is 23.9 Å². The third-order valence-electron chi connectivity index (χ3n) is 2.84. The van der Waals surface area contributed by atoms with E-state index in [1.54, 1.807) is 0 Å². The van der Waals surface area contributed by atoms with Gasteiger partial charge >= 0.3 is 0 Å². The first-order valence-corrected chi connectivity index (χ1v) is 5.28. The van der Waals surface area contributed by atoms with Crippen molar-refractivity contribution in [3.63, 3.8) is 0 Å². The van der Waals surface area contributed by atoms with Crippen LogP contribution >= 0.6 is 24.8 Å². The molecule has 0 aliphatic carbocycles. The Morgan fingerprint density at radius 1 is 0.750 bits per heavy atom. The molecule has 0 aromatic rings. The molecule has 0 amide bonds. The summed E-state index contributed by atoms with van der Waals surface area (Å²) in [5.41, 5.74) is 11.1. The standard InChI is InChI=1S/2C5H11NO.2ClH/c2*1-4-2-7-3-5(4)6;;/h2*4-5H,2-3,6H2,1H3;2*1H/t2*4-,5+;;/m10../s1. The molecule has 0 saturated carbocycles. The van der Waals surface area contributed by atoms with Gasteiger partial charge in [0, 0.05) is 12.1 Å². The van der Waals surface area contributed by atoms with Crippen LogP contribution in [0.1, 0.15) is 13.8 Å². The highest BCUT2D eigenvalue weighted by Crippen LogP contribution is 2.09. The summed E-state index contributed by atoms with van der Waals surface area (Å²) in [6, 6.07) is 0.583. The number of rotatable bonds is 0. The maximum atomic E-state index is 5.55. The minimum atomic E-state index is 0. The van der Waals surface area contributed by atoms with E-state index in [-0.39, 0.29) is 24.8 Å². The SMILES string of the molecule is C[C@@H]1COC[C@@H]1N.C[C@H]1COC[C@H]1N.Cl.Cl. The Morgan fingerprint density at radius 2 is 1.06 bits per heavy atom. The van der Waals surface area contributed by atoms with Gasteiger partial charge in [-0.15, -0.1) is 24.8 Å². The molecule has 100 valence electrons. The zero-order valence-electron chi connectivity index (χ0n) is 9.93. The normalized spacial score (nSPS) is 36.8. The van der Waals surface area contributed by atoms with Gasteiger partial charge in [0.25, 0.3) is 0 Å². The fraction of sp³-hybridized carbons (Fsp3) is 1.00. The van der Waals surface area contributed by atoms with Gasteiger partial charge in [-0.3, -0.25) is 0 Å². The molecule has 0 bridgehead atoms. The number of halogens is 2. The Bertz CT molecular complexity index is 141. The van der Waals surface area contributed by atoms with Crippen LogP contribution in [0.15, 0.2) is 0 Å². The summed E-state index contributed by atoms with van der Waals surface area (Å²) < 4.78 is 10.1. The maximum absolute atomic E-state index is 5.55. The van der Waals surface area contributed by atoms with E-state index >= 15 is 0 Å². The smallest absolute Gasteiger partial charge is 0.0621 e. The van der Waals surface area contributed by atoms with Gasteiger partial charge in [-0.1, -0.05) is 13.8 Å². The molecular weight excluding hydrogens is 251 g/mol. The second kappa shape index (κ2) is 9.45. The number of hydrogen-bond acceptors (Lipinski definition) is 4. The van der Waals surface area contributed by atoms with Crippen LogP contribution in [0.3, 0.4) is 0 Å². The van der Waals surface area contributed by atoms with Crippen molar-refractivity contribution in [1.82, 2.24) is 0 Å². The fourth-order valence-electron chi connectivity index (χ4n) is 1.36. The summed E-state index contributed by atoms with van der Waals surface area (Å²) in [6.07, 6.45) is 0. The molecule has 0 unspecified atom stereocenters. The van der Waals surface area contributed by atoms with Gasteiger partial charge in [-0.2, -0.15) is 0 Å². The van der Waals surface area contributed by atoms with Crippen LogP contribution in [0.25, 0.3) is 0 Å². The van der Waals surface area contributed by atoms with Crippen LogP contribution in [0.2, 0.25) is 0 Å². The Morgan fingerprint density at radius 3 is 1.12 bits per heavy atom. The van der Waals surface area contributed by atoms with Crippen molar-refractivity contribution in [2.45, 2.75) is 25.9 Å². The molecule has 2 fully saturated rings. The van der Waals surface area contributed by atoms with Crippen LogP contribution in [-0.4, -0.2) is 38.5 Å². The summed E-state index contributed by atoms with van der Waals surface area (Å²) in [5.74, 6) is 1.14. The lowest BCUT2D eigenvalue weighted by Crippen LogP contribution is -2.26. The Hall–Kier alpha value is 0.420.